The number of hydrogen-bond acceptors (Lipinski definition) is 7. The number of nitrogens with two attached hydrogens (primary N) is 3. The Labute approximate surface area is 212 Å². The predicted octanol–water partition coefficient (Wildman–Crippen LogP) is -0.638. The Morgan fingerprint density at radius 2 is 1.54 bits per heavy atom. The molecule has 0 saturated carbocycles. The zero-order chi connectivity index (χ0) is 27.1. The van der Waals surface area contributed by atoms with E-state index in [1.165, 1.54) is 11.8 Å². The number of carboxylic acids is 1. The lowest BCUT2D eigenvalue weighted by Gasteiger charge is -2.28. The third-order valence-corrected chi connectivity index (χ3v) is 6.22. The fraction of sp³-hybridized carbons (Fsp3) is 0.773. The van der Waals surface area contributed by atoms with Crippen molar-refractivity contribution in [3.8, 4) is 0 Å². The number of aliphatic carboxylic acids is 1. The molecule has 0 aliphatic heterocycles. The van der Waals surface area contributed by atoms with Crippen LogP contribution in [0.2, 0.25) is 0 Å². The maximum absolute atomic E-state index is 13.2. The molecule has 0 spiro atoms. The molecule has 10 N–H and O–H groups in total. The molecule has 0 saturated heterocycles. The van der Waals surface area contributed by atoms with Gasteiger partial charge in [-0.1, -0.05) is 34.1 Å². The van der Waals surface area contributed by atoms with E-state index in [1.807, 2.05) is 20.1 Å². The highest BCUT2D eigenvalue weighted by Crippen LogP contribution is 2.11. The van der Waals surface area contributed by atoms with Gasteiger partial charge < -0.3 is 38.3 Å². The van der Waals surface area contributed by atoms with Gasteiger partial charge in [-0.25, -0.2) is 4.79 Å². The van der Waals surface area contributed by atoms with E-state index in [9.17, 15) is 24.3 Å². The number of hydrogen-bond donors (Lipinski definition) is 7. The summed E-state index contributed by atoms with van der Waals surface area (Å²) >= 11 is 1.49. The van der Waals surface area contributed by atoms with Crippen LogP contribution in [0, 0.1) is 11.8 Å². The zero-order valence-electron chi connectivity index (χ0n) is 21.4. The quantitative estimate of drug-likeness (QED) is 0.0740. The Morgan fingerprint density at radius 3 is 2.03 bits per heavy atom. The van der Waals surface area contributed by atoms with Crippen LogP contribution < -0.4 is 33.2 Å². The maximum Gasteiger partial charge on any atom is 0.326 e. The average molecular weight is 518 g/mol. The second-order valence-electron chi connectivity index (χ2n) is 8.84. The van der Waals surface area contributed by atoms with Crippen LogP contribution >= 0.6 is 11.8 Å². The van der Waals surface area contributed by atoms with Crippen molar-refractivity contribution in [1.82, 2.24) is 16.0 Å². The summed E-state index contributed by atoms with van der Waals surface area (Å²) in [6, 6.07) is -3.81. The fourth-order valence-electron chi connectivity index (χ4n) is 3.15. The molecule has 13 heteroatoms. The molecule has 0 aromatic heterocycles. The van der Waals surface area contributed by atoms with Crippen molar-refractivity contribution in [2.45, 2.75) is 77.5 Å². The lowest BCUT2D eigenvalue weighted by atomic mass is 9.97. The molecule has 35 heavy (non-hydrogen) atoms. The summed E-state index contributed by atoms with van der Waals surface area (Å²) in [5.41, 5.74) is 16.5. The van der Waals surface area contributed by atoms with Crippen LogP contribution in [-0.4, -0.2) is 77.5 Å². The molecule has 0 rings (SSSR count). The Balaban J connectivity index is 5.39. The van der Waals surface area contributed by atoms with E-state index in [0.717, 1.165) is 0 Å². The molecule has 0 aliphatic carbocycles. The monoisotopic (exact) mass is 517 g/mol. The number of carbonyl (C=O) groups is 4. The van der Waals surface area contributed by atoms with Crippen molar-refractivity contribution in [2.75, 3.05) is 18.6 Å². The summed E-state index contributed by atoms with van der Waals surface area (Å²) in [7, 11) is 0. The molecule has 12 nitrogen and oxygen atoms in total. The SMILES string of the molecule is CCC(C)C(NC(=O)C(N)CCCN=C(N)N)C(=O)NC(CCSC)C(=O)NC(C(=O)O)C(C)C. The number of carboxylic acid groups (broad SMARTS) is 1. The van der Waals surface area contributed by atoms with Gasteiger partial charge in [-0.3, -0.25) is 19.4 Å². The van der Waals surface area contributed by atoms with E-state index in [-0.39, 0.29) is 17.8 Å². The van der Waals surface area contributed by atoms with Gasteiger partial charge >= 0.3 is 5.97 Å². The van der Waals surface area contributed by atoms with E-state index in [0.29, 0.717) is 38.0 Å². The minimum atomic E-state index is -1.15. The Hall–Kier alpha value is -2.54. The summed E-state index contributed by atoms with van der Waals surface area (Å²) < 4.78 is 0. The van der Waals surface area contributed by atoms with Gasteiger partial charge in [0.15, 0.2) is 5.96 Å². The van der Waals surface area contributed by atoms with Gasteiger partial charge in [0, 0.05) is 6.54 Å². The first kappa shape index (κ1) is 32.5. The smallest absolute Gasteiger partial charge is 0.326 e. The molecule has 3 amide bonds. The largest absolute Gasteiger partial charge is 0.480 e. The van der Waals surface area contributed by atoms with Crippen molar-refractivity contribution in [3.05, 3.63) is 0 Å². The highest BCUT2D eigenvalue weighted by atomic mass is 32.2. The van der Waals surface area contributed by atoms with E-state index >= 15 is 0 Å². The van der Waals surface area contributed by atoms with Gasteiger partial charge in [0.05, 0.1) is 6.04 Å². The van der Waals surface area contributed by atoms with Gasteiger partial charge in [-0.15, -0.1) is 0 Å². The highest BCUT2D eigenvalue weighted by Gasteiger charge is 2.32. The van der Waals surface area contributed by atoms with Gasteiger partial charge in [-0.05, 0) is 43.1 Å². The number of nitrogens with one attached hydrogen (secondary N) is 3. The normalized spacial score (nSPS) is 15.3. The molecule has 0 bridgehead atoms. The molecule has 202 valence electrons. The molecular formula is C22H43N7O5S. The van der Waals surface area contributed by atoms with Crippen molar-refractivity contribution in [2.24, 2.45) is 34.0 Å². The minimum Gasteiger partial charge on any atom is -0.480 e. The number of rotatable bonds is 17. The van der Waals surface area contributed by atoms with Crippen LogP contribution in [0.15, 0.2) is 4.99 Å². The lowest BCUT2D eigenvalue weighted by Crippen LogP contribution is -2.59. The minimum absolute atomic E-state index is 0.0420. The molecular weight excluding hydrogens is 474 g/mol. The van der Waals surface area contributed by atoms with Crippen LogP contribution in [0.5, 0.6) is 0 Å². The molecule has 0 fully saturated rings. The second kappa shape index (κ2) is 17.0. The summed E-state index contributed by atoms with van der Waals surface area (Å²) in [4.78, 5) is 54.0. The van der Waals surface area contributed by atoms with Crippen molar-refractivity contribution in [3.63, 3.8) is 0 Å². The van der Waals surface area contributed by atoms with Gasteiger partial charge in [0.2, 0.25) is 17.7 Å². The van der Waals surface area contributed by atoms with Crippen LogP contribution in [-0.2, 0) is 19.2 Å². The molecule has 0 radical (unpaired) electrons. The van der Waals surface area contributed by atoms with Crippen molar-refractivity contribution in [1.29, 1.82) is 0 Å². The number of guanidine groups is 1. The van der Waals surface area contributed by atoms with E-state index in [2.05, 4.69) is 20.9 Å². The third kappa shape index (κ3) is 12.6. The summed E-state index contributed by atoms with van der Waals surface area (Å²) in [5, 5.41) is 17.3. The highest BCUT2D eigenvalue weighted by molar-refractivity contribution is 7.98. The zero-order valence-corrected chi connectivity index (χ0v) is 22.2. The van der Waals surface area contributed by atoms with Crippen LogP contribution in [0.3, 0.4) is 0 Å². The molecule has 5 atom stereocenters. The Morgan fingerprint density at radius 1 is 0.943 bits per heavy atom. The van der Waals surface area contributed by atoms with Crippen molar-refractivity contribution >= 4 is 41.4 Å². The lowest BCUT2D eigenvalue weighted by molar-refractivity contribution is -0.143. The van der Waals surface area contributed by atoms with Crippen LogP contribution in [0.25, 0.3) is 0 Å². The topological polar surface area (TPSA) is 215 Å². The fourth-order valence-corrected chi connectivity index (χ4v) is 3.62. The molecule has 0 heterocycles. The Bertz CT molecular complexity index is 731. The van der Waals surface area contributed by atoms with Crippen LogP contribution in [0.4, 0.5) is 0 Å². The molecule has 5 unspecified atom stereocenters. The number of thioether (sulfide) groups is 1. The maximum atomic E-state index is 13.2. The predicted molar refractivity (Wildman–Crippen MR) is 139 cm³/mol. The molecule has 0 aliphatic rings. The summed E-state index contributed by atoms with van der Waals surface area (Å²) in [6.45, 7) is 7.39. The van der Waals surface area contributed by atoms with Crippen molar-refractivity contribution < 1.29 is 24.3 Å². The van der Waals surface area contributed by atoms with Crippen LogP contribution in [0.1, 0.15) is 53.4 Å². The number of aliphatic imine (C=N–C) groups is 1. The first-order valence-corrected chi connectivity index (χ1v) is 13.2. The summed E-state index contributed by atoms with van der Waals surface area (Å²) in [6.07, 6.45) is 3.57. The summed E-state index contributed by atoms with van der Waals surface area (Å²) in [5.74, 6) is -2.81. The Kier molecular flexibility index (Phi) is 15.7. The first-order chi connectivity index (χ1) is 16.3. The van der Waals surface area contributed by atoms with E-state index in [4.69, 9.17) is 17.2 Å². The van der Waals surface area contributed by atoms with E-state index in [1.54, 1.807) is 13.8 Å². The molecule has 0 aromatic carbocycles. The average Bonchev–Trinajstić information content (AvgIpc) is 2.79. The number of carbonyl (C=O) groups excluding carboxylic acids is 3. The molecule has 0 aromatic rings. The first-order valence-electron chi connectivity index (χ1n) is 11.8. The van der Waals surface area contributed by atoms with E-state index < -0.39 is 47.9 Å². The number of nitrogens with zero attached hydrogens (tertiary/aromatic N) is 1. The second-order valence-corrected chi connectivity index (χ2v) is 9.82. The van der Waals surface area contributed by atoms with Gasteiger partial charge in [0.25, 0.3) is 0 Å². The van der Waals surface area contributed by atoms with Gasteiger partial charge in [0.1, 0.15) is 18.1 Å². The van der Waals surface area contributed by atoms with Gasteiger partial charge in [-0.2, -0.15) is 11.8 Å². The standard InChI is InChI=1S/C22H43N7O5S/c1-6-13(4)17(29-18(30)14(23)8-7-10-26-22(24)25)20(32)27-15(9-11-35-5)19(31)28-16(12(2)3)21(33)34/h12-17H,6-11,23H2,1-5H3,(H,27,32)(H,28,31)(H,29,30)(H,33,34)(H4,24,25,26). The number of amides is 3. The third-order valence-electron chi connectivity index (χ3n) is 5.57.